The Hall–Kier alpha value is -0.130. The molecule has 0 rings (SSSR count). The lowest BCUT2D eigenvalue weighted by molar-refractivity contribution is 0.318. The molecular weight excluding hydrogens is 322 g/mol. The topological polar surface area (TPSA) is 57.6 Å². The molecule has 0 aliphatic rings. The smallest absolute Gasteiger partial charge is 0.268 e. The van der Waals surface area contributed by atoms with Crippen LogP contribution in [0, 0.1) is 0 Å². The fraction of sp³-hybridized carbons (Fsp3) is 1.00. The molecule has 5 heteroatoms. The van der Waals surface area contributed by atoms with Gasteiger partial charge in [0.25, 0.3) is 10.1 Å². The van der Waals surface area contributed by atoms with Crippen LogP contribution >= 0.6 is 0 Å². The molecule has 0 aromatic carbocycles. The van der Waals surface area contributed by atoms with Crippen molar-refractivity contribution in [1.29, 1.82) is 0 Å². The van der Waals surface area contributed by atoms with Crippen molar-refractivity contribution >= 4 is 10.1 Å². The van der Waals surface area contributed by atoms with Crippen LogP contribution in [-0.4, -0.2) is 43.3 Å². The lowest BCUT2D eigenvalue weighted by Gasteiger charge is -2.19. The summed E-state index contributed by atoms with van der Waals surface area (Å²) in [5.74, 6) is 0. The molecule has 0 radical (unpaired) electrons. The highest BCUT2D eigenvalue weighted by Gasteiger charge is 2.18. The van der Waals surface area contributed by atoms with Crippen molar-refractivity contribution in [2.75, 3.05) is 20.1 Å². The Labute approximate surface area is 151 Å². The van der Waals surface area contributed by atoms with E-state index in [-0.39, 0.29) is 0 Å². The maximum absolute atomic E-state index is 11.0. The van der Waals surface area contributed by atoms with Gasteiger partial charge >= 0.3 is 0 Å². The van der Waals surface area contributed by atoms with E-state index in [1.54, 1.807) is 6.92 Å². The summed E-state index contributed by atoms with van der Waals surface area (Å²) in [4.78, 5) is 2.00. The van der Waals surface area contributed by atoms with E-state index in [9.17, 15) is 8.42 Å². The molecule has 24 heavy (non-hydrogen) atoms. The number of hydrogen-bond acceptors (Lipinski definition) is 3. The quantitative estimate of drug-likeness (QED) is 0.282. The van der Waals surface area contributed by atoms with E-state index < -0.39 is 15.4 Å². The Morgan fingerprint density at radius 3 is 1.54 bits per heavy atom. The third-order valence-corrected chi connectivity index (χ3v) is 5.89. The van der Waals surface area contributed by atoms with Crippen molar-refractivity contribution in [3.8, 4) is 0 Å². The van der Waals surface area contributed by atoms with E-state index in [4.69, 9.17) is 4.55 Å². The first kappa shape index (κ1) is 23.9. The van der Waals surface area contributed by atoms with Crippen molar-refractivity contribution < 1.29 is 13.0 Å². The second-order valence-corrected chi connectivity index (χ2v) is 9.17. The molecule has 0 fully saturated rings. The first-order valence-electron chi connectivity index (χ1n) is 10.0. The molecule has 4 nitrogen and oxygen atoms in total. The molecule has 0 aliphatic carbocycles. The molecule has 0 aromatic rings. The van der Waals surface area contributed by atoms with Gasteiger partial charge in [0.15, 0.2) is 0 Å². The highest BCUT2D eigenvalue weighted by molar-refractivity contribution is 7.86. The molecule has 0 saturated carbocycles. The zero-order valence-corrected chi connectivity index (χ0v) is 17.1. The fourth-order valence-corrected chi connectivity index (χ4v) is 3.47. The van der Waals surface area contributed by atoms with Gasteiger partial charge in [-0.1, -0.05) is 84.0 Å². The summed E-state index contributed by atoms with van der Waals surface area (Å²) >= 11 is 0. The number of hydrogen-bond donors (Lipinski definition) is 1. The predicted molar refractivity (Wildman–Crippen MR) is 104 cm³/mol. The zero-order chi connectivity index (χ0) is 18.3. The van der Waals surface area contributed by atoms with Gasteiger partial charge in [-0.15, -0.1) is 0 Å². The van der Waals surface area contributed by atoms with E-state index in [0.717, 1.165) is 13.0 Å². The van der Waals surface area contributed by atoms with Crippen LogP contribution in [0.25, 0.3) is 0 Å². The summed E-state index contributed by atoms with van der Waals surface area (Å²) in [6, 6.07) is 0. The van der Waals surface area contributed by atoms with Gasteiger partial charge in [-0.25, -0.2) is 0 Å². The standard InChI is InChI=1S/C19H41NO3S/c1-4-5-6-7-8-9-10-11-12-13-14-15-16-17-20(3)18-19(2)24(21,22)23/h19H,4-18H2,1-3H3,(H,21,22,23). The van der Waals surface area contributed by atoms with E-state index in [0.29, 0.717) is 6.54 Å². The molecule has 1 unspecified atom stereocenters. The SMILES string of the molecule is CCCCCCCCCCCCCCCN(C)CC(C)S(=O)(=O)O. The summed E-state index contributed by atoms with van der Waals surface area (Å²) in [7, 11) is -1.98. The first-order valence-corrected chi connectivity index (χ1v) is 11.5. The number of rotatable bonds is 17. The van der Waals surface area contributed by atoms with Crippen LogP contribution < -0.4 is 0 Å². The molecule has 0 heterocycles. The van der Waals surface area contributed by atoms with Gasteiger partial charge < -0.3 is 4.90 Å². The maximum atomic E-state index is 11.0. The summed E-state index contributed by atoms with van der Waals surface area (Å²) in [5, 5.41) is -0.704. The molecular formula is C19H41NO3S. The van der Waals surface area contributed by atoms with Crippen LogP contribution in [0.3, 0.4) is 0 Å². The van der Waals surface area contributed by atoms with Crippen LogP contribution in [0.15, 0.2) is 0 Å². The van der Waals surface area contributed by atoms with Crippen LogP contribution in [0.5, 0.6) is 0 Å². The van der Waals surface area contributed by atoms with Gasteiger partial charge in [0, 0.05) is 6.54 Å². The van der Waals surface area contributed by atoms with Gasteiger partial charge in [0.05, 0.1) is 5.25 Å². The monoisotopic (exact) mass is 363 g/mol. The van der Waals surface area contributed by atoms with E-state index in [2.05, 4.69) is 6.92 Å². The minimum absolute atomic E-state index is 0.400. The van der Waals surface area contributed by atoms with Gasteiger partial charge in [-0.2, -0.15) is 8.42 Å². The first-order chi connectivity index (χ1) is 11.4. The van der Waals surface area contributed by atoms with Crippen LogP contribution in [0.4, 0.5) is 0 Å². The molecule has 0 spiro atoms. The van der Waals surface area contributed by atoms with E-state index in [1.165, 1.54) is 77.0 Å². The lowest BCUT2D eigenvalue weighted by Crippen LogP contribution is -2.33. The average Bonchev–Trinajstić information content (AvgIpc) is 2.51. The van der Waals surface area contributed by atoms with Gasteiger partial charge in [-0.05, 0) is 26.9 Å². The summed E-state index contributed by atoms with van der Waals surface area (Å²) in [6.07, 6.45) is 17.4. The molecule has 0 bridgehead atoms. The maximum Gasteiger partial charge on any atom is 0.268 e. The summed E-state index contributed by atoms with van der Waals surface area (Å²) in [6.45, 7) is 5.11. The normalized spacial score (nSPS) is 13.5. The average molecular weight is 364 g/mol. The van der Waals surface area contributed by atoms with Crippen LogP contribution in [-0.2, 0) is 10.1 Å². The van der Waals surface area contributed by atoms with E-state index in [1.807, 2.05) is 11.9 Å². The van der Waals surface area contributed by atoms with Gasteiger partial charge in [0.2, 0.25) is 0 Å². The molecule has 0 aromatic heterocycles. The zero-order valence-electron chi connectivity index (χ0n) is 16.3. The largest absolute Gasteiger partial charge is 0.305 e. The van der Waals surface area contributed by atoms with Crippen molar-refractivity contribution in [3.05, 3.63) is 0 Å². The lowest BCUT2D eigenvalue weighted by atomic mass is 10.0. The molecule has 1 atom stereocenters. The molecule has 0 saturated heterocycles. The fourth-order valence-electron chi connectivity index (χ4n) is 3.02. The third kappa shape index (κ3) is 15.4. The predicted octanol–water partition coefficient (Wildman–Crippen LogP) is 5.29. The molecule has 0 aliphatic heterocycles. The van der Waals surface area contributed by atoms with E-state index >= 15 is 0 Å². The highest BCUT2D eigenvalue weighted by atomic mass is 32.2. The van der Waals surface area contributed by atoms with Crippen LogP contribution in [0.1, 0.15) is 97.3 Å². The number of nitrogens with zero attached hydrogens (tertiary/aromatic N) is 1. The Morgan fingerprint density at radius 1 is 0.792 bits per heavy atom. The van der Waals surface area contributed by atoms with Crippen molar-refractivity contribution in [2.24, 2.45) is 0 Å². The second-order valence-electron chi connectivity index (χ2n) is 7.33. The minimum atomic E-state index is -3.90. The Balaban J connectivity index is 3.30. The van der Waals surface area contributed by atoms with Gasteiger partial charge in [0.1, 0.15) is 0 Å². The second kappa shape index (κ2) is 15.2. The summed E-state index contributed by atoms with van der Waals surface area (Å²) < 4.78 is 30.9. The third-order valence-electron chi connectivity index (χ3n) is 4.72. The van der Waals surface area contributed by atoms with Crippen LogP contribution in [0.2, 0.25) is 0 Å². The highest BCUT2D eigenvalue weighted by Crippen LogP contribution is 2.12. The molecule has 1 N–H and O–H groups in total. The Morgan fingerprint density at radius 2 is 1.17 bits per heavy atom. The minimum Gasteiger partial charge on any atom is -0.305 e. The number of unbranched alkanes of at least 4 members (excludes halogenated alkanes) is 12. The van der Waals surface area contributed by atoms with Crippen molar-refractivity contribution in [1.82, 2.24) is 4.90 Å². The van der Waals surface area contributed by atoms with Crippen molar-refractivity contribution in [2.45, 2.75) is 103 Å². The molecule has 146 valence electrons. The van der Waals surface area contributed by atoms with Crippen molar-refractivity contribution in [3.63, 3.8) is 0 Å². The molecule has 0 amide bonds. The summed E-state index contributed by atoms with van der Waals surface area (Å²) in [5.41, 5.74) is 0. The van der Waals surface area contributed by atoms with Gasteiger partial charge in [-0.3, -0.25) is 4.55 Å². The Kier molecular flexibility index (Phi) is 15.1. The Bertz CT molecular complexity index is 371.